The fraction of sp³-hybridized carbons (Fsp3) is 0.393. The average molecular weight is 1710 g/mol. The molecule has 0 radical (unpaired) electrons. The molecule has 16 aromatic rings. The van der Waals surface area contributed by atoms with Crippen LogP contribution in [0.2, 0.25) is 0 Å². The Morgan fingerprint density at radius 1 is 0.294 bits per heavy atom. The number of fused-ring (bicyclic) bond motifs is 2. The van der Waals surface area contributed by atoms with Gasteiger partial charge in [-0.05, 0) is 216 Å². The van der Waals surface area contributed by atoms with E-state index >= 15 is 0 Å². The second-order valence-corrected chi connectivity index (χ2v) is 37.2. The second kappa shape index (κ2) is 38.9. The Kier molecular flexibility index (Phi) is 26.4. The third kappa shape index (κ3) is 16.4. The monoisotopic (exact) mass is 1710 g/mol. The summed E-state index contributed by atoms with van der Waals surface area (Å²) in [5.74, 6) is 50.1. The van der Waals surface area contributed by atoms with Gasteiger partial charge in [-0.25, -0.2) is 0 Å². The zero-order valence-corrected chi connectivity index (χ0v) is 74.0. The Morgan fingerprint density at radius 3 is 0.905 bits per heavy atom. The van der Waals surface area contributed by atoms with Crippen LogP contribution in [0.25, 0.3) is 148 Å². The standard InChI is InChI=1S/C76H72N2O4S.C36H28N2O4S.10H2/c1-5-9-13-17-21-23-24-25-26-27-28-29-30-31-32-34-38-42-46-58(44-40-36-20-16-12-8-4)52-54-78-74(80)62-50-48-60-59-47-49-61-67-63(55-65-71(69(59)67)72-66(83-65)56-64(76(78)82)68(62)70(60)72)75(81)77(73(61)79)53-51-57(43-39-35-19-15-11-7-3)45-41-37-33-22-18-14-10-6-2;39-33-21-13-11-19-20-12-14-22-28-24(36(42)38(34(22)40)18-9-5-2-6-10-18)16-26-32(30(20)28)31-25(43-26)15-23(27(21)29(19)31)35(41)37(33)17-7-3-1-4-8-17;;;;;;;;;;/h1,47-50,55-58H,6-8,10-12,14-16,18-20,22,33,35-37,39-41,43-45,51-54H2,2-4H3;11-18H,1-10H2;10*1H. The molecule has 6 aromatic heterocycles. The lowest BCUT2D eigenvalue weighted by molar-refractivity contribution is 0.342. The van der Waals surface area contributed by atoms with Gasteiger partial charge in [-0.2, -0.15) is 0 Å². The van der Waals surface area contributed by atoms with Crippen LogP contribution in [0.1, 0.15) is 272 Å². The first-order chi connectivity index (χ1) is 61.8. The highest BCUT2D eigenvalue weighted by atomic mass is 32.1. The molecule has 14 heteroatoms. The molecule has 6 heterocycles. The van der Waals surface area contributed by atoms with E-state index < -0.39 is 0 Å². The fourth-order valence-corrected chi connectivity index (χ4v) is 23.5. The van der Waals surface area contributed by atoms with Gasteiger partial charge >= 0.3 is 0 Å². The van der Waals surface area contributed by atoms with Crippen molar-refractivity contribution in [3.8, 4) is 119 Å². The van der Waals surface area contributed by atoms with Crippen molar-refractivity contribution in [1.29, 1.82) is 0 Å². The molecule has 2 fully saturated rings. The zero-order valence-electron chi connectivity index (χ0n) is 72.3. The van der Waals surface area contributed by atoms with Crippen LogP contribution in [0, 0.1) is 131 Å². The van der Waals surface area contributed by atoms with Crippen molar-refractivity contribution >= 4 is 171 Å². The molecule has 0 amide bonds. The molecule has 2 saturated carbocycles. The molecule has 0 saturated heterocycles. The minimum atomic E-state index is -0.321. The Bertz CT molecular complexity index is 7950. The molecule has 0 bridgehead atoms. The van der Waals surface area contributed by atoms with Gasteiger partial charge in [-0.1, -0.05) is 231 Å². The van der Waals surface area contributed by atoms with E-state index in [0.717, 1.165) is 203 Å². The SMILES string of the molecule is C#CC#CC#CC#CC#CC#CC#CC#CC#CC#CC(CCCCCCCC)CCn1c(=O)c2ccc3c4ccc5c(=O)n(CCC(CCCCCCCC)CCCCCCCCCC)c(=O)c6cc7sc8cc(c1=O)c2c3c8c7c4c56.O=c1c2ccc3c4ccc5c(=O)n(C6CCCCC6)c(=O)c6cc7sc8cc(c(=O)n1C1CCCCC1)c2c3c8c7c4c56.[HH].[HH].[HH].[HH].[HH].[HH].[HH].[HH].[HH].[HH]. The molecule has 0 aliphatic heterocycles. The lowest BCUT2D eigenvalue weighted by Crippen LogP contribution is -2.37. The fourth-order valence-electron chi connectivity index (χ4n) is 21.1. The first-order valence-electron chi connectivity index (χ1n) is 46.2. The Hall–Kier alpha value is -12.6. The summed E-state index contributed by atoms with van der Waals surface area (Å²) in [5, 5.41) is 18.9. The van der Waals surface area contributed by atoms with Crippen LogP contribution in [0.15, 0.2) is 111 Å². The third-order valence-corrected chi connectivity index (χ3v) is 29.4. The quantitative estimate of drug-likeness (QED) is 0.0180. The molecule has 18 rings (SSSR count). The number of benzene rings is 10. The summed E-state index contributed by atoms with van der Waals surface area (Å²) >= 11 is 3.18. The van der Waals surface area contributed by atoms with E-state index in [1.165, 1.54) is 118 Å². The molecule has 12 nitrogen and oxygen atoms in total. The summed E-state index contributed by atoms with van der Waals surface area (Å²) in [6.07, 6.45) is 43.9. The number of hydrogen-bond donors (Lipinski definition) is 0. The maximum absolute atomic E-state index is 14.8. The predicted octanol–water partition coefficient (Wildman–Crippen LogP) is 25.4. The lowest BCUT2D eigenvalue weighted by atomic mass is 9.86. The summed E-state index contributed by atoms with van der Waals surface area (Å²) < 4.78 is 9.84. The minimum absolute atomic E-state index is 0. The number of aromatic nitrogens is 4. The minimum Gasteiger partial charge on any atom is -0.274 e. The van der Waals surface area contributed by atoms with Crippen molar-refractivity contribution < 1.29 is 14.3 Å². The highest BCUT2D eigenvalue weighted by molar-refractivity contribution is 7.27. The van der Waals surface area contributed by atoms with Gasteiger partial charge in [-0.3, -0.25) is 56.6 Å². The Balaban J connectivity index is 0.000000401. The number of hydrogen-bond acceptors (Lipinski definition) is 10. The zero-order chi connectivity index (χ0) is 86.9. The molecule has 648 valence electrons. The van der Waals surface area contributed by atoms with Gasteiger partial charge in [0.15, 0.2) is 0 Å². The van der Waals surface area contributed by atoms with Gasteiger partial charge in [0, 0.05) is 162 Å². The topological polar surface area (TPSA) is 156 Å². The number of terminal acetylenes is 1. The highest BCUT2D eigenvalue weighted by Crippen LogP contribution is 2.54. The van der Waals surface area contributed by atoms with Crippen LogP contribution in [0.4, 0.5) is 0 Å². The molecular formula is C112H120N4O8S2. The lowest BCUT2D eigenvalue weighted by Gasteiger charge is -2.25. The van der Waals surface area contributed by atoms with Gasteiger partial charge in [0.1, 0.15) is 0 Å². The van der Waals surface area contributed by atoms with Gasteiger partial charge in [0.05, 0.1) is 21.5 Å². The smallest absolute Gasteiger partial charge is 0.261 e. The predicted molar refractivity (Wildman–Crippen MR) is 549 cm³/mol. The largest absolute Gasteiger partial charge is 0.274 e. The van der Waals surface area contributed by atoms with Crippen LogP contribution < -0.4 is 44.5 Å². The van der Waals surface area contributed by atoms with Crippen LogP contribution in [0.3, 0.4) is 0 Å². The molecule has 2 aliphatic carbocycles. The second-order valence-electron chi connectivity index (χ2n) is 35.0. The van der Waals surface area contributed by atoms with Gasteiger partial charge in [0.2, 0.25) is 0 Å². The van der Waals surface area contributed by atoms with Crippen LogP contribution in [0.5, 0.6) is 0 Å². The summed E-state index contributed by atoms with van der Waals surface area (Å²) in [4.78, 5) is 115. The summed E-state index contributed by atoms with van der Waals surface area (Å²) in [6.45, 7) is 7.34. The first-order valence-corrected chi connectivity index (χ1v) is 47.8. The number of pyridine rings is 4. The van der Waals surface area contributed by atoms with E-state index in [4.69, 9.17) is 6.42 Å². The van der Waals surface area contributed by atoms with Crippen molar-refractivity contribution in [1.82, 2.24) is 18.3 Å². The molecular weight excluding hydrogens is 1590 g/mol. The van der Waals surface area contributed by atoms with Crippen molar-refractivity contribution in [2.45, 2.75) is 271 Å². The Morgan fingerprint density at radius 2 is 0.563 bits per heavy atom. The molecule has 10 aromatic carbocycles. The third-order valence-electron chi connectivity index (χ3n) is 27.2. The van der Waals surface area contributed by atoms with E-state index in [1.807, 2.05) is 72.8 Å². The van der Waals surface area contributed by atoms with Crippen LogP contribution in [-0.2, 0) is 13.1 Å². The summed E-state index contributed by atoms with van der Waals surface area (Å²) in [6, 6.07) is 23.4. The maximum Gasteiger partial charge on any atom is 0.261 e. The van der Waals surface area contributed by atoms with Gasteiger partial charge in [-0.15, -0.1) is 29.1 Å². The van der Waals surface area contributed by atoms with Crippen molar-refractivity contribution in [3.05, 3.63) is 156 Å². The summed E-state index contributed by atoms with van der Waals surface area (Å²) in [5.41, 5.74) is -1.82. The van der Waals surface area contributed by atoms with Crippen molar-refractivity contribution in [3.63, 3.8) is 0 Å². The molecule has 0 N–H and O–H groups in total. The highest BCUT2D eigenvalue weighted by Gasteiger charge is 2.33. The number of thiophene rings is 2. The van der Waals surface area contributed by atoms with Crippen molar-refractivity contribution in [2.75, 3.05) is 0 Å². The maximum atomic E-state index is 14.8. The number of unbranched alkanes of at least 4 members (excludes halogenated alkanes) is 17. The molecule has 2 aliphatic rings. The van der Waals surface area contributed by atoms with E-state index in [9.17, 15) is 38.4 Å². The summed E-state index contributed by atoms with van der Waals surface area (Å²) in [7, 11) is 0. The van der Waals surface area contributed by atoms with Gasteiger partial charge in [0.25, 0.3) is 44.5 Å². The van der Waals surface area contributed by atoms with E-state index in [1.54, 1.807) is 31.8 Å². The molecule has 2 unspecified atom stereocenters. The van der Waals surface area contributed by atoms with E-state index in [0.29, 0.717) is 72.7 Å². The van der Waals surface area contributed by atoms with E-state index in [2.05, 4.69) is 133 Å². The number of rotatable bonds is 31. The number of nitrogens with zero attached hydrogens (tertiary/aromatic N) is 4. The van der Waals surface area contributed by atoms with Crippen molar-refractivity contribution in [2.24, 2.45) is 11.8 Å². The Labute approximate surface area is 755 Å². The van der Waals surface area contributed by atoms with Crippen LogP contribution in [-0.4, -0.2) is 18.3 Å². The first kappa shape index (κ1) is 85.6. The normalized spacial score (nSPS) is 13.6. The van der Waals surface area contributed by atoms with Gasteiger partial charge < -0.3 is 0 Å². The molecule has 0 spiro atoms. The molecule has 2 atom stereocenters. The van der Waals surface area contributed by atoms with E-state index in [-0.39, 0.29) is 83.3 Å². The average Bonchev–Trinajstić information content (AvgIpc) is 1.05. The van der Waals surface area contributed by atoms with Crippen LogP contribution >= 0.6 is 22.7 Å². The molecule has 126 heavy (non-hydrogen) atoms.